The van der Waals surface area contributed by atoms with Gasteiger partial charge in [0, 0.05) is 45.8 Å². The van der Waals surface area contributed by atoms with Gasteiger partial charge in [-0.15, -0.1) is 13.2 Å². The summed E-state index contributed by atoms with van der Waals surface area (Å²) in [6, 6.07) is -1.50. The predicted octanol–water partition coefficient (Wildman–Crippen LogP) is 2.18. The van der Waals surface area contributed by atoms with Crippen molar-refractivity contribution in [1.82, 2.24) is 19.6 Å². The Morgan fingerprint density at radius 1 is 1.12 bits per heavy atom. The van der Waals surface area contributed by atoms with Crippen LogP contribution in [0.1, 0.15) is 53.9 Å². The van der Waals surface area contributed by atoms with Crippen LogP contribution in [0.25, 0.3) is 0 Å². The van der Waals surface area contributed by atoms with E-state index in [0.29, 0.717) is 58.8 Å². The molecule has 10 heteroatoms. The SMILES string of the molecule is C=CCN(CCN1CCOCC1)C(=O)C1N([C@@H](CO)CC(C)C)C(=O)[C@@H]2[C@@H](C(=O)N(CC=C)CCC)[C@]3(C)OC12CC3C. The minimum absolute atomic E-state index is 0.0492. The second-order valence-corrected chi connectivity index (χ2v) is 13.5. The number of likely N-dealkylation sites (tertiary alicyclic amines) is 1. The largest absolute Gasteiger partial charge is 0.394 e. The molecule has 4 aliphatic rings. The molecule has 0 aromatic heterocycles. The molecule has 0 aliphatic carbocycles. The molecule has 0 radical (unpaired) electrons. The van der Waals surface area contributed by atoms with Gasteiger partial charge in [0.2, 0.25) is 17.7 Å². The van der Waals surface area contributed by atoms with Crippen LogP contribution in [-0.4, -0.2) is 131 Å². The number of morpholine rings is 1. The van der Waals surface area contributed by atoms with Crippen LogP contribution in [-0.2, 0) is 23.9 Å². The lowest BCUT2D eigenvalue weighted by Crippen LogP contribution is -2.59. The number of fused-ring (bicyclic) bond motifs is 1. The molecular formula is C33H54N4O6. The van der Waals surface area contributed by atoms with Crippen molar-refractivity contribution >= 4 is 17.7 Å². The van der Waals surface area contributed by atoms with Crippen molar-refractivity contribution in [1.29, 1.82) is 0 Å². The highest BCUT2D eigenvalue weighted by Gasteiger charge is 2.80. The Morgan fingerprint density at radius 3 is 2.30 bits per heavy atom. The van der Waals surface area contributed by atoms with E-state index in [1.165, 1.54) is 0 Å². The summed E-state index contributed by atoms with van der Waals surface area (Å²) >= 11 is 0. The number of aliphatic hydroxyl groups is 1. The molecule has 10 nitrogen and oxygen atoms in total. The van der Waals surface area contributed by atoms with Gasteiger partial charge in [0.05, 0.1) is 43.3 Å². The lowest BCUT2D eigenvalue weighted by Gasteiger charge is -2.40. The van der Waals surface area contributed by atoms with Crippen LogP contribution in [0.2, 0.25) is 0 Å². The van der Waals surface area contributed by atoms with Gasteiger partial charge in [0.25, 0.3) is 0 Å². The highest BCUT2D eigenvalue weighted by molar-refractivity contribution is 5.99. The molecule has 1 N–H and O–H groups in total. The zero-order valence-corrected chi connectivity index (χ0v) is 27.0. The summed E-state index contributed by atoms with van der Waals surface area (Å²) in [7, 11) is 0. The third-order valence-corrected chi connectivity index (χ3v) is 10.2. The third-order valence-electron chi connectivity index (χ3n) is 10.2. The quantitative estimate of drug-likeness (QED) is 0.287. The van der Waals surface area contributed by atoms with Gasteiger partial charge in [-0.3, -0.25) is 19.3 Å². The lowest BCUT2D eigenvalue weighted by atomic mass is 9.62. The van der Waals surface area contributed by atoms with Crippen LogP contribution in [0.15, 0.2) is 25.3 Å². The molecule has 7 atom stereocenters. The average molecular weight is 603 g/mol. The van der Waals surface area contributed by atoms with Gasteiger partial charge in [0.15, 0.2) is 0 Å². The Bertz CT molecular complexity index is 1050. The summed E-state index contributed by atoms with van der Waals surface area (Å²) < 4.78 is 12.5. The van der Waals surface area contributed by atoms with Crippen LogP contribution in [0.4, 0.5) is 0 Å². The van der Waals surface area contributed by atoms with Crippen LogP contribution < -0.4 is 0 Å². The van der Waals surface area contributed by atoms with E-state index < -0.39 is 35.1 Å². The standard InChI is InChI=1S/C33H54N4O6/c1-8-11-35(12-9-2)29(39)26-27-30(40)37(25(22-38)20-23(4)5)28(33(27)21-24(6)32(26,7)43-33)31(41)36(13-10-3)15-14-34-16-18-42-19-17-34/h8,10,23-28,38H,1,3,9,11-22H2,2,4-7H3/t24?,25-,26+,27+,28?,32-,33?/m1/s1. The normalized spacial score (nSPS) is 32.6. The fraction of sp³-hybridized carbons (Fsp3) is 0.788. The monoisotopic (exact) mass is 602 g/mol. The third kappa shape index (κ3) is 6.04. The van der Waals surface area contributed by atoms with Gasteiger partial charge in [-0.25, -0.2) is 0 Å². The summed E-state index contributed by atoms with van der Waals surface area (Å²) in [5.41, 5.74) is -2.05. The van der Waals surface area contributed by atoms with Crippen molar-refractivity contribution in [3.05, 3.63) is 25.3 Å². The molecule has 4 saturated heterocycles. The predicted molar refractivity (Wildman–Crippen MR) is 165 cm³/mol. The molecule has 242 valence electrons. The number of aliphatic hydroxyl groups excluding tert-OH is 1. The molecule has 43 heavy (non-hydrogen) atoms. The summed E-state index contributed by atoms with van der Waals surface area (Å²) in [6.45, 7) is 23.0. The Morgan fingerprint density at radius 2 is 1.74 bits per heavy atom. The second-order valence-electron chi connectivity index (χ2n) is 13.5. The van der Waals surface area contributed by atoms with Crippen molar-refractivity contribution in [3.63, 3.8) is 0 Å². The first kappa shape index (κ1) is 33.6. The van der Waals surface area contributed by atoms with Gasteiger partial charge in [-0.2, -0.15) is 0 Å². The minimum atomic E-state index is -1.16. The van der Waals surface area contributed by atoms with E-state index in [1.54, 1.807) is 26.9 Å². The zero-order chi connectivity index (χ0) is 31.5. The average Bonchev–Trinajstić information content (AvgIpc) is 3.50. The lowest BCUT2D eigenvalue weighted by molar-refractivity contribution is -0.158. The van der Waals surface area contributed by atoms with E-state index in [1.807, 2.05) is 27.7 Å². The molecule has 4 rings (SSSR count). The maximum Gasteiger partial charge on any atom is 0.248 e. The molecule has 0 aromatic rings. The Kier molecular flexibility index (Phi) is 10.8. The maximum absolute atomic E-state index is 14.8. The van der Waals surface area contributed by atoms with E-state index >= 15 is 0 Å². The van der Waals surface area contributed by atoms with Crippen molar-refractivity contribution in [2.75, 3.05) is 65.6 Å². The van der Waals surface area contributed by atoms with Gasteiger partial charge >= 0.3 is 0 Å². The van der Waals surface area contributed by atoms with Crippen molar-refractivity contribution in [3.8, 4) is 0 Å². The van der Waals surface area contributed by atoms with E-state index in [-0.39, 0.29) is 36.2 Å². The Balaban J connectivity index is 1.77. The zero-order valence-electron chi connectivity index (χ0n) is 27.0. The smallest absolute Gasteiger partial charge is 0.248 e. The van der Waals surface area contributed by atoms with Crippen molar-refractivity contribution in [2.24, 2.45) is 23.7 Å². The fourth-order valence-electron chi connectivity index (χ4n) is 8.17. The molecule has 0 aromatic carbocycles. The summed E-state index contributed by atoms with van der Waals surface area (Å²) in [5.74, 6) is -1.97. The Labute approximate surface area is 258 Å². The number of hydrogen-bond donors (Lipinski definition) is 1. The van der Waals surface area contributed by atoms with Gasteiger partial charge < -0.3 is 29.3 Å². The van der Waals surface area contributed by atoms with Gasteiger partial charge in [0.1, 0.15) is 11.6 Å². The Hall–Kier alpha value is -2.27. The fourth-order valence-corrected chi connectivity index (χ4v) is 8.17. The molecule has 4 fully saturated rings. The molecule has 4 aliphatic heterocycles. The van der Waals surface area contributed by atoms with Crippen LogP contribution in [0, 0.1) is 23.7 Å². The van der Waals surface area contributed by atoms with Crippen LogP contribution >= 0.6 is 0 Å². The number of carbonyl (C=O) groups excluding carboxylic acids is 3. The number of amides is 3. The molecule has 0 saturated carbocycles. The van der Waals surface area contributed by atoms with E-state index in [4.69, 9.17) is 9.47 Å². The molecule has 1 spiro atoms. The number of nitrogens with zero attached hydrogens (tertiary/aromatic N) is 4. The summed E-state index contributed by atoms with van der Waals surface area (Å²) in [5, 5.41) is 10.6. The first-order chi connectivity index (χ1) is 20.5. The number of hydrogen-bond acceptors (Lipinski definition) is 7. The van der Waals surface area contributed by atoms with Crippen LogP contribution in [0.5, 0.6) is 0 Å². The molecule has 4 heterocycles. The topological polar surface area (TPSA) is 103 Å². The summed E-state index contributed by atoms with van der Waals surface area (Å²) in [6.07, 6.45) is 5.23. The number of rotatable bonds is 15. The van der Waals surface area contributed by atoms with Crippen molar-refractivity contribution < 1.29 is 29.0 Å². The van der Waals surface area contributed by atoms with E-state index in [0.717, 1.165) is 19.5 Å². The number of ether oxygens (including phenoxy) is 2. The first-order valence-corrected chi connectivity index (χ1v) is 16.2. The molecule has 3 amide bonds. The van der Waals surface area contributed by atoms with E-state index in [9.17, 15) is 19.5 Å². The molecule has 3 unspecified atom stereocenters. The summed E-state index contributed by atoms with van der Waals surface area (Å²) in [4.78, 5) is 51.2. The van der Waals surface area contributed by atoms with Gasteiger partial charge in [-0.1, -0.05) is 39.8 Å². The molecule has 2 bridgehead atoms. The maximum atomic E-state index is 14.8. The van der Waals surface area contributed by atoms with E-state index in [2.05, 4.69) is 25.0 Å². The highest BCUT2D eigenvalue weighted by Crippen LogP contribution is 2.66. The first-order valence-electron chi connectivity index (χ1n) is 16.2. The number of carbonyl (C=O) groups is 3. The molecular weight excluding hydrogens is 548 g/mol. The van der Waals surface area contributed by atoms with Gasteiger partial charge in [-0.05, 0) is 38.0 Å². The minimum Gasteiger partial charge on any atom is -0.394 e. The highest BCUT2D eigenvalue weighted by atomic mass is 16.5. The van der Waals surface area contributed by atoms with Crippen LogP contribution in [0.3, 0.4) is 0 Å². The van der Waals surface area contributed by atoms with Crippen molar-refractivity contribution in [2.45, 2.75) is 77.2 Å². The second kappa shape index (κ2) is 13.8.